The molecule has 0 unspecified atom stereocenters. The Kier molecular flexibility index (Phi) is 17.0. The summed E-state index contributed by atoms with van der Waals surface area (Å²) in [5.74, 6) is -4.33. The monoisotopic (exact) mass is 801 g/mol. The van der Waals surface area contributed by atoms with Crippen molar-refractivity contribution in [2.45, 2.75) is 91.7 Å². The highest BCUT2D eigenvalue weighted by Crippen LogP contribution is 2.36. The van der Waals surface area contributed by atoms with E-state index in [1.165, 1.54) is 46.5 Å². The molecule has 0 saturated carbocycles. The number of carboxylic acids is 2. The second-order valence-corrected chi connectivity index (χ2v) is 15.1. The van der Waals surface area contributed by atoms with Gasteiger partial charge in [-0.05, 0) is 103 Å². The molecular weight excluding hydrogens is 747 g/mol. The number of nitrogens with zero attached hydrogens (tertiary/aromatic N) is 1. The number of esters is 2. The summed E-state index contributed by atoms with van der Waals surface area (Å²) in [5, 5.41) is 18.6. The molecule has 0 aliphatic rings. The number of aryl methyl sites for hydroxylation is 3. The van der Waals surface area contributed by atoms with Gasteiger partial charge in [-0.15, -0.1) is 0 Å². The van der Waals surface area contributed by atoms with Crippen molar-refractivity contribution in [1.82, 2.24) is 4.90 Å². The van der Waals surface area contributed by atoms with E-state index >= 15 is 0 Å². The first-order valence-electron chi connectivity index (χ1n) is 19.7. The van der Waals surface area contributed by atoms with Gasteiger partial charge in [-0.25, -0.2) is 19.2 Å². The predicted molar refractivity (Wildman–Crippen MR) is 228 cm³/mol. The number of rotatable bonds is 17. The average Bonchev–Trinajstić information content (AvgIpc) is 3.21. The Bertz CT molecular complexity index is 2030. The summed E-state index contributed by atoms with van der Waals surface area (Å²) in [5.41, 5.74) is 6.89. The average molecular weight is 802 g/mol. The third-order valence-corrected chi connectivity index (χ3v) is 9.79. The molecule has 59 heavy (non-hydrogen) atoms. The van der Waals surface area contributed by atoms with Gasteiger partial charge in [0.25, 0.3) is 0 Å². The number of carboxylic acid groups (broad SMARTS) is 2. The lowest BCUT2D eigenvalue weighted by Gasteiger charge is -2.32. The molecule has 10 heteroatoms. The van der Waals surface area contributed by atoms with Crippen LogP contribution in [-0.4, -0.2) is 69.8 Å². The van der Waals surface area contributed by atoms with Crippen molar-refractivity contribution < 1.29 is 43.6 Å². The van der Waals surface area contributed by atoms with Crippen LogP contribution in [0.5, 0.6) is 5.75 Å². The van der Waals surface area contributed by atoms with Gasteiger partial charge < -0.3 is 24.4 Å². The maximum atomic E-state index is 12.2. The number of ether oxygens (including phenoxy) is 3. The van der Waals surface area contributed by atoms with Crippen LogP contribution in [0.1, 0.15) is 94.1 Å². The Hall–Kier alpha value is -6.26. The molecule has 0 heterocycles. The smallest absolute Gasteiger partial charge is 0.349 e. The molecule has 0 saturated heterocycles. The van der Waals surface area contributed by atoms with Crippen LogP contribution < -0.4 is 4.74 Å². The molecule has 3 atom stereocenters. The highest BCUT2D eigenvalue weighted by Gasteiger charge is 2.41. The van der Waals surface area contributed by atoms with E-state index in [2.05, 4.69) is 112 Å². The molecule has 310 valence electrons. The van der Waals surface area contributed by atoms with E-state index in [1.807, 2.05) is 6.07 Å². The molecule has 0 spiro atoms. The first-order chi connectivity index (χ1) is 28.1. The van der Waals surface area contributed by atoms with Gasteiger partial charge in [0.05, 0.1) is 11.1 Å². The van der Waals surface area contributed by atoms with Gasteiger partial charge >= 0.3 is 23.9 Å². The predicted octanol–water partition coefficient (Wildman–Crippen LogP) is 9.44. The fraction of sp³-hybridized carbons (Fsp3) is 0.306. The Balaban J connectivity index is 0.000000262. The molecule has 2 N–H and O–H groups in total. The van der Waals surface area contributed by atoms with Crippen molar-refractivity contribution in [3.8, 4) is 5.75 Å². The van der Waals surface area contributed by atoms with Crippen LogP contribution in [0.25, 0.3) is 0 Å². The van der Waals surface area contributed by atoms with Crippen LogP contribution in [-0.2, 0) is 25.7 Å². The van der Waals surface area contributed by atoms with Crippen LogP contribution in [0.4, 0.5) is 0 Å². The molecule has 5 aromatic carbocycles. The fourth-order valence-electron chi connectivity index (χ4n) is 6.61. The summed E-state index contributed by atoms with van der Waals surface area (Å²) in [6.45, 7) is 16.6. The lowest BCUT2D eigenvalue weighted by molar-refractivity contribution is -0.166. The molecule has 0 amide bonds. The molecule has 0 radical (unpaired) electrons. The largest absolute Gasteiger partial charge is 0.489 e. The Labute approximate surface area is 347 Å². The van der Waals surface area contributed by atoms with E-state index in [4.69, 9.17) is 14.2 Å². The molecule has 10 nitrogen and oxygen atoms in total. The van der Waals surface area contributed by atoms with Crippen LogP contribution in [0, 0.1) is 20.8 Å². The summed E-state index contributed by atoms with van der Waals surface area (Å²) in [4.78, 5) is 49.9. The number of aliphatic carboxylic acids is 2. The molecule has 5 rings (SSSR count). The van der Waals surface area contributed by atoms with Crippen molar-refractivity contribution in [3.05, 3.63) is 172 Å². The van der Waals surface area contributed by atoms with Crippen molar-refractivity contribution >= 4 is 23.9 Å². The van der Waals surface area contributed by atoms with E-state index in [9.17, 15) is 29.4 Å². The van der Waals surface area contributed by atoms with Gasteiger partial charge in [-0.2, -0.15) is 0 Å². The summed E-state index contributed by atoms with van der Waals surface area (Å²) in [6, 6.07) is 41.0. The van der Waals surface area contributed by atoms with Gasteiger partial charge in [0.1, 0.15) is 12.4 Å². The van der Waals surface area contributed by atoms with Crippen molar-refractivity contribution in [2.75, 3.05) is 6.54 Å². The maximum absolute atomic E-state index is 12.2. The van der Waals surface area contributed by atoms with Crippen molar-refractivity contribution in [1.29, 1.82) is 0 Å². The van der Waals surface area contributed by atoms with E-state index in [-0.39, 0.29) is 11.1 Å². The van der Waals surface area contributed by atoms with Gasteiger partial charge in [-0.1, -0.05) is 114 Å². The Morgan fingerprint density at radius 2 is 1.02 bits per heavy atom. The Morgan fingerprint density at radius 1 is 0.576 bits per heavy atom. The van der Waals surface area contributed by atoms with Crippen LogP contribution in [0.15, 0.2) is 127 Å². The van der Waals surface area contributed by atoms with Crippen LogP contribution >= 0.6 is 0 Å². The highest BCUT2D eigenvalue weighted by molar-refractivity contribution is 5.95. The van der Waals surface area contributed by atoms with Crippen molar-refractivity contribution in [3.63, 3.8) is 0 Å². The first-order valence-corrected chi connectivity index (χ1v) is 19.7. The minimum Gasteiger partial charge on any atom is -0.489 e. The minimum atomic E-state index is -2.22. The second kappa shape index (κ2) is 22.0. The number of benzene rings is 5. The summed E-state index contributed by atoms with van der Waals surface area (Å²) >= 11 is 0. The van der Waals surface area contributed by atoms with Crippen molar-refractivity contribution in [2.24, 2.45) is 0 Å². The third kappa shape index (κ3) is 13.7. The zero-order valence-electron chi connectivity index (χ0n) is 34.8. The molecular formula is C49H55NO9. The molecule has 0 aromatic heterocycles. The van der Waals surface area contributed by atoms with Gasteiger partial charge in [0.2, 0.25) is 12.2 Å². The fourth-order valence-corrected chi connectivity index (χ4v) is 6.61. The van der Waals surface area contributed by atoms with Gasteiger partial charge in [0.15, 0.2) is 0 Å². The first kappa shape index (κ1) is 45.4. The lowest BCUT2D eigenvalue weighted by Crippen LogP contribution is -2.45. The minimum absolute atomic E-state index is 0.0332. The third-order valence-electron chi connectivity index (χ3n) is 9.79. The summed E-state index contributed by atoms with van der Waals surface area (Å²) in [6.07, 6.45) is -3.38. The molecule has 0 aliphatic carbocycles. The SMILES string of the molecule is Cc1ccc(C(=O)O[C@@H](C(=O)O)[C@@H](OC(=O)c2ccc(C)cc2)C(=O)O)cc1.Cc1ccc(OCc2ccccc2)c([C@H](CCN(C(C)C)C(C)C)c2ccccc2)c1. The van der Waals surface area contributed by atoms with E-state index in [0.717, 1.165) is 29.8 Å². The number of carbonyl (C=O) groups excluding carboxylic acids is 2. The molecule has 0 aliphatic heterocycles. The normalized spacial score (nSPS) is 12.5. The number of hydrogen-bond donors (Lipinski definition) is 2. The van der Waals surface area contributed by atoms with Gasteiger partial charge in [-0.3, -0.25) is 4.90 Å². The lowest BCUT2D eigenvalue weighted by atomic mass is 9.86. The zero-order valence-corrected chi connectivity index (χ0v) is 34.8. The Morgan fingerprint density at radius 3 is 1.46 bits per heavy atom. The topological polar surface area (TPSA) is 140 Å². The number of hydrogen-bond acceptors (Lipinski definition) is 8. The molecule has 0 bridgehead atoms. The molecule has 0 fully saturated rings. The quantitative estimate of drug-likeness (QED) is 0.0875. The van der Waals surface area contributed by atoms with Crippen LogP contribution in [0.3, 0.4) is 0 Å². The van der Waals surface area contributed by atoms with Gasteiger partial charge in [0, 0.05) is 23.6 Å². The van der Waals surface area contributed by atoms with E-state index in [0.29, 0.717) is 24.6 Å². The van der Waals surface area contributed by atoms with E-state index in [1.54, 1.807) is 38.1 Å². The summed E-state index contributed by atoms with van der Waals surface area (Å²) < 4.78 is 16.0. The molecule has 5 aromatic rings. The number of carbonyl (C=O) groups is 4. The second-order valence-electron chi connectivity index (χ2n) is 15.1. The summed E-state index contributed by atoms with van der Waals surface area (Å²) in [7, 11) is 0. The maximum Gasteiger partial charge on any atom is 0.349 e. The van der Waals surface area contributed by atoms with E-state index < -0.39 is 36.1 Å². The zero-order chi connectivity index (χ0) is 43.1. The highest BCUT2D eigenvalue weighted by atomic mass is 16.6. The standard InChI is InChI=1S/C29H37NO.C20H18O8/c1-22(2)30(23(3)4)19-18-27(26-14-10-7-11-15-26)28-20-24(5)16-17-29(28)31-21-25-12-8-6-9-13-25;1-11-3-7-13(8-4-11)19(25)27-15(17(21)22)16(18(23)24)28-20(26)14-9-5-12(2)6-10-14/h6-17,20,22-23,27H,18-19,21H2,1-5H3;3-10,15-16H,1-2H3,(H,21,22)(H,23,24)/t27-;15-,16-/m11/s1. The van der Waals surface area contributed by atoms with Crippen LogP contribution in [0.2, 0.25) is 0 Å².